The summed E-state index contributed by atoms with van der Waals surface area (Å²) in [6.45, 7) is 7.84. The summed E-state index contributed by atoms with van der Waals surface area (Å²) in [5.41, 5.74) is 10.7. The minimum atomic E-state index is -0.569. The molecule has 1 unspecified atom stereocenters. The lowest BCUT2D eigenvalue weighted by Crippen LogP contribution is -2.44. The molecule has 0 saturated carbocycles. The van der Waals surface area contributed by atoms with Crippen molar-refractivity contribution in [1.29, 1.82) is 0 Å². The molecular formula is C9H21N3O. The quantitative estimate of drug-likeness (QED) is 0.522. The van der Waals surface area contributed by atoms with E-state index in [9.17, 15) is 4.79 Å². The molecular weight excluding hydrogens is 166 g/mol. The van der Waals surface area contributed by atoms with E-state index in [0.29, 0.717) is 12.0 Å². The SMILES string of the molecule is CC(C)(C)CCNCC(N)C(N)=O. The van der Waals surface area contributed by atoms with E-state index in [2.05, 4.69) is 26.1 Å². The minimum Gasteiger partial charge on any atom is -0.368 e. The summed E-state index contributed by atoms with van der Waals surface area (Å²) in [5.74, 6) is -0.455. The maximum Gasteiger partial charge on any atom is 0.235 e. The highest BCUT2D eigenvalue weighted by Crippen LogP contribution is 2.16. The second-order valence-corrected chi connectivity index (χ2v) is 4.52. The number of carbonyl (C=O) groups is 1. The topological polar surface area (TPSA) is 81.1 Å². The van der Waals surface area contributed by atoms with E-state index in [0.717, 1.165) is 13.0 Å². The van der Waals surface area contributed by atoms with Gasteiger partial charge in [-0.15, -0.1) is 0 Å². The van der Waals surface area contributed by atoms with Crippen LogP contribution in [0.5, 0.6) is 0 Å². The van der Waals surface area contributed by atoms with Crippen LogP contribution in [0.1, 0.15) is 27.2 Å². The van der Waals surface area contributed by atoms with Crippen LogP contribution in [0.2, 0.25) is 0 Å². The van der Waals surface area contributed by atoms with Gasteiger partial charge in [0, 0.05) is 6.54 Å². The van der Waals surface area contributed by atoms with Crippen LogP contribution in [0, 0.1) is 5.41 Å². The first-order valence-electron chi connectivity index (χ1n) is 4.58. The highest BCUT2D eigenvalue weighted by atomic mass is 16.1. The van der Waals surface area contributed by atoms with Gasteiger partial charge in [0.05, 0.1) is 6.04 Å². The van der Waals surface area contributed by atoms with Crippen LogP contribution in [0.25, 0.3) is 0 Å². The first kappa shape index (κ1) is 12.4. The van der Waals surface area contributed by atoms with Crippen molar-refractivity contribution in [1.82, 2.24) is 5.32 Å². The monoisotopic (exact) mass is 187 g/mol. The Kier molecular flexibility index (Phi) is 4.95. The van der Waals surface area contributed by atoms with Gasteiger partial charge in [-0.05, 0) is 18.4 Å². The molecule has 0 heterocycles. The number of hydrogen-bond donors (Lipinski definition) is 3. The molecule has 0 saturated heterocycles. The number of hydrogen-bond acceptors (Lipinski definition) is 3. The standard InChI is InChI=1S/C9H21N3O/c1-9(2,3)4-5-12-6-7(10)8(11)13/h7,12H,4-6,10H2,1-3H3,(H2,11,13). The summed E-state index contributed by atoms with van der Waals surface area (Å²) in [4.78, 5) is 10.5. The van der Waals surface area contributed by atoms with Crippen LogP contribution in [-0.4, -0.2) is 25.0 Å². The molecule has 0 bridgehead atoms. The van der Waals surface area contributed by atoms with E-state index in [1.54, 1.807) is 0 Å². The maximum absolute atomic E-state index is 10.5. The summed E-state index contributed by atoms with van der Waals surface area (Å²) < 4.78 is 0. The van der Waals surface area contributed by atoms with Crippen LogP contribution in [0.4, 0.5) is 0 Å². The molecule has 0 radical (unpaired) electrons. The van der Waals surface area contributed by atoms with Crippen molar-refractivity contribution in [3.63, 3.8) is 0 Å². The zero-order valence-electron chi connectivity index (χ0n) is 8.76. The van der Waals surface area contributed by atoms with Gasteiger partial charge in [-0.1, -0.05) is 20.8 Å². The average Bonchev–Trinajstić information content (AvgIpc) is 1.95. The van der Waals surface area contributed by atoms with Crippen molar-refractivity contribution in [2.45, 2.75) is 33.2 Å². The van der Waals surface area contributed by atoms with Gasteiger partial charge >= 0.3 is 0 Å². The molecule has 5 N–H and O–H groups in total. The molecule has 0 aliphatic rings. The molecule has 0 aromatic carbocycles. The largest absolute Gasteiger partial charge is 0.368 e. The first-order valence-corrected chi connectivity index (χ1v) is 4.58. The lowest BCUT2D eigenvalue weighted by molar-refractivity contribution is -0.119. The third-order valence-electron chi connectivity index (χ3n) is 1.78. The van der Waals surface area contributed by atoms with Crippen molar-refractivity contribution in [3.05, 3.63) is 0 Å². The molecule has 0 rings (SSSR count). The smallest absolute Gasteiger partial charge is 0.235 e. The van der Waals surface area contributed by atoms with Crippen LogP contribution < -0.4 is 16.8 Å². The summed E-state index contributed by atoms with van der Waals surface area (Å²) in [6.07, 6.45) is 1.05. The number of carbonyl (C=O) groups excluding carboxylic acids is 1. The number of nitrogens with two attached hydrogens (primary N) is 2. The van der Waals surface area contributed by atoms with Gasteiger partial charge in [0.1, 0.15) is 0 Å². The number of rotatable bonds is 5. The Hall–Kier alpha value is -0.610. The van der Waals surface area contributed by atoms with E-state index < -0.39 is 11.9 Å². The number of primary amides is 1. The van der Waals surface area contributed by atoms with Crippen LogP contribution in [-0.2, 0) is 4.79 Å². The fourth-order valence-corrected chi connectivity index (χ4v) is 0.822. The fraction of sp³-hybridized carbons (Fsp3) is 0.889. The third-order valence-corrected chi connectivity index (χ3v) is 1.78. The van der Waals surface area contributed by atoms with E-state index in [1.165, 1.54) is 0 Å². The van der Waals surface area contributed by atoms with E-state index in [1.807, 2.05) is 0 Å². The Morgan fingerprint density at radius 1 is 1.46 bits per heavy atom. The highest BCUT2D eigenvalue weighted by molar-refractivity contribution is 5.79. The van der Waals surface area contributed by atoms with Crippen molar-refractivity contribution >= 4 is 5.91 Å². The highest BCUT2D eigenvalue weighted by Gasteiger charge is 2.11. The van der Waals surface area contributed by atoms with E-state index in [4.69, 9.17) is 11.5 Å². The number of amides is 1. The molecule has 78 valence electrons. The second-order valence-electron chi connectivity index (χ2n) is 4.52. The van der Waals surface area contributed by atoms with Gasteiger partial charge < -0.3 is 16.8 Å². The molecule has 1 amide bonds. The van der Waals surface area contributed by atoms with Crippen molar-refractivity contribution < 1.29 is 4.79 Å². The zero-order chi connectivity index (χ0) is 10.5. The van der Waals surface area contributed by atoms with Gasteiger partial charge in [-0.3, -0.25) is 4.79 Å². The Morgan fingerprint density at radius 2 is 2.00 bits per heavy atom. The fourth-order valence-electron chi connectivity index (χ4n) is 0.822. The predicted octanol–water partition coefficient (Wildman–Crippen LogP) is -0.175. The lowest BCUT2D eigenvalue weighted by Gasteiger charge is -2.18. The van der Waals surface area contributed by atoms with Crippen LogP contribution >= 0.6 is 0 Å². The van der Waals surface area contributed by atoms with Gasteiger partial charge in [-0.2, -0.15) is 0 Å². The first-order chi connectivity index (χ1) is 5.83. The minimum absolute atomic E-state index is 0.309. The van der Waals surface area contributed by atoms with Gasteiger partial charge in [0.15, 0.2) is 0 Å². The van der Waals surface area contributed by atoms with Gasteiger partial charge in [0.25, 0.3) is 0 Å². The molecule has 0 aliphatic carbocycles. The molecule has 0 fully saturated rings. The average molecular weight is 187 g/mol. The van der Waals surface area contributed by atoms with Crippen molar-refractivity contribution in [3.8, 4) is 0 Å². The Labute approximate surface area is 80.0 Å². The second kappa shape index (κ2) is 5.19. The zero-order valence-corrected chi connectivity index (χ0v) is 8.76. The Morgan fingerprint density at radius 3 is 2.38 bits per heavy atom. The van der Waals surface area contributed by atoms with Crippen molar-refractivity contribution in [2.75, 3.05) is 13.1 Å². The molecule has 4 nitrogen and oxygen atoms in total. The van der Waals surface area contributed by atoms with E-state index >= 15 is 0 Å². The molecule has 0 spiro atoms. The summed E-state index contributed by atoms with van der Waals surface area (Å²) >= 11 is 0. The number of nitrogens with one attached hydrogen (secondary N) is 1. The Balaban J connectivity index is 3.41. The molecule has 13 heavy (non-hydrogen) atoms. The van der Waals surface area contributed by atoms with Crippen LogP contribution in [0.3, 0.4) is 0 Å². The summed E-state index contributed by atoms with van der Waals surface area (Å²) in [7, 11) is 0. The molecule has 0 aliphatic heterocycles. The summed E-state index contributed by atoms with van der Waals surface area (Å²) in [5, 5.41) is 3.10. The van der Waals surface area contributed by atoms with Crippen LogP contribution in [0.15, 0.2) is 0 Å². The molecule has 1 atom stereocenters. The molecule has 0 aromatic rings. The summed E-state index contributed by atoms with van der Waals surface area (Å²) in [6, 6.07) is -0.569. The lowest BCUT2D eigenvalue weighted by atomic mass is 9.92. The maximum atomic E-state index is 10.5. The molecule has 0 aromatic heterocycles. The molecule has 4 heteroatoms. The third kappa shape index (κ3) is 7.74. The van der Waals surface area contributed by atoms with Gasteiger partial charge in [0.2, 0.25) is 5.91 Å². The van der Waals surface area contributed by atoms with Gasteiger partial charge in [-0.25, -0.2) is 0 Å². The van der Waals surface area contributed by atoms with E-state index in [-0.39, 0.29) is 0 Å². The van der Waals surface area contributed by atoms with Crippen molar-refractivity contribution in [2.24, 2.45) is 16.9 Å². The Bertz CT molecular complexity index is 163. The predicted molar refractivity (Wildman–Crippen MR) is 54.1 cm³/mol. The normalized spacial score (nSPS) is 14.2.